The van der Waals surface area contributed by atoms with Gasteiger partial charge in [-0.25, -0.2) is 0 Å². The molecule has 0 saturated heterocycles. The van der Waals surface area contributed by atoms with Gasteiger partial charge in [0.05, 0.1) is 19.4 Å². The minimum absolute atomic E-state index is 0.754. The quantitative estimate of drug-likeness (QED) is 0.647. The van der Waals surface area contributed by atoms with Crippen molar-refractivity contribution in [3.8, 4) is 5.75 Å². The van der Waals surface area contributed by atoms with Gasteiger partial charge in [-0.3, -0.25) is 4.98 Å². The molecule has 0 aliphatic carbocycles. The zero-order valence-electron chi connectivity index (χ0n) is 11.4. The molecule has 0 unspecified atom stereocenters. The molecule has 0 atom stereocenters. The summed E-state index contributed by atoms with van der Waals surface area (Å²) in [5.74, 6) is 0.877. The molecular weight excluding hydrogens is 228 g/mol. The van der Waals surface area contributed by atoms with Crippen LogP contribution in [0, 0.1) is 0 Å². The van der Waals surface area contributed by atoms with E-state index >= 15 is 0 Å². The third-order valence-electron chi connectivity index (χ3n) is 2.54. The molecule has 102 valence electrons. The first-order chi connectivity index (χ1) is 8.86. The monoisotopic (exact) mass is 252 g/mol. The Hall–Kier alpha value is -1.13. The summed E-state index contributed by atoms with van der Waals surface area (Å²) in [5, 5.41) is 3.33. The largest absolute Gasteiger partial charge is 0.492 e. The van der Waals surface area contributed by atoms with Crippen molar-refractivity contribution < 1.29 is 9.47 Å². The Morgan fingerprint density at radius 1 is 1.22 bits per heavy atom. The molecular formula is C14H24N2O2. The van der Waals surface area contributed by atoms with Crippen LogP contribution >= 0.6 is 0 Å². The summed E-state index contributed by atoms with van der Waals surface area (Å²) in [6.45, 7) is 5.53. The van der Waals surface area contributed by atoms with Crippen LogP contribution in [0.25, 0.3) is 0 Å². The first kappa shape index (κ1) is 14.9. The lowest BCUT2D eigenvalue weighted by Gasteiger charge is -2.07. The Balaban J connectivity index is 2.20. The van der Waals surface area contributed by atoms with E-state index in [0.717, 1.165) is 51.3 Å². The average molecular weight is 252 g/mol. The first-order valence-electron chi connectivity index (χ1n) is 6.63. The highest BCUT2D eigenvalue weighted by molar-refractivity contribution is 5.23. The van der Waals surface area contributed by atoms with Gasteiger partial charge in [-0.15, -0.1) is 0 Å². The summed E-state index contributed by atoms with van der Waals surface area (Å²) in [6.07, 6.45) is 6.83. The van der Waals surface area contributed by atoms with Crippen LogP contribution in [0.3, 0.4) is 0 Å². The smallest absolute Gasteiger partial charge is 0.137 e. The van der Waals surface area contributed by atoms with Gasteiger partial charge in [-0.05, 0) is 37.4 Å². The molecule has 1 heterocycles. The highest BCUT2D eigenvalue weighted by Crippen LogP contribution is 2.12. The number of ether oxygens (including phenoxy) is 2. The number of nitrogens with one attached hydrogen (secondary N) is 1. The average Bonchev–Trinajstić information content (AvgIpc) is 2.41. The highest BCUT2D eigenvalue weighted by atomic mass is 16.5. The summed E-state index contributed by atoms with van der Waals surface area (Å²) in [6, 6.07) is 2.08. The number of methoxy groups -OCH3 is 1. The van der Waals surface area contributed by atoms with E-state index in [0.29, 0.717) is 0 Å². The topological polar surface area (TPSA) is 43.4 Å². The Bertz CT molecular complexity index is 318. The number of pyridine rings is 1. The fourth-order valence-corrected chi connectivity index (χ4v) is 1.62. The van der Waals surface area contributed by atoms with Crippen LogP contribution in [0.2, 0.25) is 0 Å². The van der Waals surface area contributed by atoms with Gasteiger partial charge < -0.3 is 14.8 Å². The van der Waals surface area contributed by atoms with Crippen LogP contribution in [-0.2, 0) is 11.2 Å². The molecule has 1 N–H and O–H groups in total. The second-order valence-electron chi connectivity index (χ2n) is 4.22. The molecule has 0 radical (unpaired) electrons. The van der Waals surface area contributed by atoms with Crippen molar-refractivity contribution in [2.75, 3.05) is 33.4 Å². The Morgan fingerprint density at radius 3 is 2.89 bits per heavy atom. The number of aromatic nitrogens is 1. The van der Waals surface area contributed by atoms with E-state index in [-0.39, 0.29) is 0 Å². The fraction of sp³-hybridized carbons (Fsp3) is 0.643. The molecule has 1 rings (SSSR count). The molecule has 18 heavy (non-hydrogen) atoms. The van der Waals surface area contributed by atoms with Gasteiger partial charge in [-0.2, -0.15) is 0 Å². The predicted octanol–water partition coefficient (Wildman–Crippen LogP) is 2.04. The molecule has 0 aliphatic heterocycles. The molecule has 0 spiro atoms. The van der Waals surface area contributed by atoms with Gasteiger partial charge in [0.1, 0.15) is 5.75 Å². The summed E-state index contributed by atoms with van der Waals surface area (Å²) in [7, 11) is 1.72. The lowest BCUT2D eigenvalue weighted by atomic mass is 10.1. The summed E-state index contributed by atoms with van der Waals surface area (Å²) >= 11 is 0. The van der Waals surface area contributed by atoms with Gasteiger partial charge in [0.25, 0.3) is 0 Å². The van der Waals surface area contributed by atoms with E-state index in [1.165, 1.54) is 5.56 Å². The molecule has 0 amide bonds. The van der Waals surface area contributed by atoms with Crippen LogP contribution in [-0.4, -0.2) is 38.4 Å². The fourth-order valence-electron chi connectivity index (χ4n) is 1.62. The summed E-state index contributed by atoms with van der Waals surface area (Å²) in [5.41, 5.74) is 1.23. The van der Waals surface area contributed by atoms with E-state index in [2.05, 4.69) is 23.3 Å². The van der Waals surface area contributed by atoms with Gasteiger partial charge in [0.2, 0.25) is 0 Å². The van der Waals surface area contributed by atoms with Crippen molar-refractivity contribution in [1.82, 2.24) is 10.3 Å². The minimum atomic E-state index is 0.754. The van der Waals surface area contributed by atoms with Crippen molar-refractivity contribution >= 4 is 0 Å². The zero-order valence-corrected chi connectivity index (χ0v) is 11.4. The van der Waals surface area contributed by atoms with Crippen molar-refractivity contribution in [1.29, 1.82) is 0 Å². The zero-order chi connectivity index (χ0) is 13.1. The molecule has 1 aromatic heterocycles. The van der Waals surface area contributed by atoms with Crippen LogP contribution < -0.4 is 10.1 Å². The van der Waals surface area contributed by atoms with Crippen LogP contribution in [0.15, 0.2) is 18.5 Å². The molecule has 0 bridgehead atoms. The molecule has 0 aromatic carbocycles. The number of aryl methyl sites for hydroxylation is 1. The Morgan fingerprint density at radius 2 is 2.11 bits per heavy atom. The molecule has 4 nitrogen and oxygen atoms in total. The van der Waals surface area contributed by atoms with Crippen molar-refractivity contribution in [2.24, 2.45) is 0 Å². The van der Waals surface area contributed by atoms with Gasteiger partial charge >= 0.3 is 0 Å². The van der Waals surface area contributed by atoms with E-state index in [9.17, 15) is 0 Å². The number of hydrogen-bond donors (Lipinski definition) is 1. The third-order valence-corrected chi connectivity index (χ3v) is 2.54. The predicted molar refractivity (Wildman–Crippen MR) is 73.1 cm³/mol. The molecule has 4 heteroatoms. The standard InChI is InChI=1S/C14H24N2O2/c1-3-8-18-14-10-13(11-16-12-14)5-4-6-15-7-9-17-2/h10-12,15H,3-9H2,1-2H3. The number of rotatable bonds is 10. The Kier molecular flexibility index (Phi) is 8.17. The maximum atomic E-state index is 5.56. The maximum absolute atomic E-state index is 5.56. The van der Waals surface area contributed by atoms with Gasteiger partial charge in [0, 0.05) is 19.9 Å². The van der Waals surface area contributed by atoms with Crippen LogP contribution in [0.4, 0.5) is 0 Å². The van der Waals surface area contributed by atoms with E-state index < -0.39 is 0 Å². The second kappa shape index (κ2) is 9.85. The Labute approximate surface area is 110 Å². The van der Waals surface area contributed by atoms with Crippen molar-refractivity contribution in [3.63, 3.8) is 0 Å². The van der Waals surface area contributed by atoms with Gasteiger partial charge in [-0.1, -0.05) is 6.92 Å². The van der Waals surface area contributed by atoms with Crippen molar-refractivity contribution in [2.45, 2.75) is 26.2 Å². The first-order valence-corrected chi connectivity index (χ1v) is 6.63. The molecule has 0 aliphatic rings. The van der Waals surface area contributed by atoms with Crippen LogP contribution in [0.1, 0.15) is 25.3 Å². The summed E-state index contributed by atoms with van der Waals surface area (Å²) < 4.78 is 10.5. The third kappa shape index (κ3) is 6.57. The normalized spacial score (nSPS) is 10.6. The van der Waals surface area contributed by atoms with Crippen molar-refractivity contribution in [3.05, 3.63) is 24.0 Å². The van der Waals surface area contributed by atoms with Gasteiger partial charge in [0.15, 0.2) is 0 Å². The second-order valence-corrected chi connectivity index (χ2v) is 4.22. The molecule has 1 aromatic rings. The van der Waals surface area contributed by atoms with E-state index in [1.54, 1.807) is 13.3 Å². The van der Waals surface area contributed by atoms with Crippen LogP contribution in [0.5, 0.6) is 5.75 Å². The van der Waals surface area contributed by atoms with E-state index in [4.69, 9.17) is 9.47 Å². The minimum Gasteiger partial charge on any atom is -0.492 e. The number of nitrogens with zero attached hydrogens (tertiary/aromatic N) is 1. The maximum Gasteiger partial charge on any atom is 0.137 e. The number of hydrogen-bond acceptors (Lipinski definition) is 4. The highest BCUT2D eigenvalue weighted by Gasteiger charge is 1.98. The molecule has 0 fully saturated rings. The summed E-state index contributed by atoms with van der Waals surface area (Å²) in [4.78, 5) is 4.20. The lowest BCUT2D eigenvalue weighted by Crippen LogP contribution is -2.20. The van der Waals surface area contributed by atoms with E-state index in [1.807, 2.05) is 6.20 Å². The SMILES string of the molecule is CCCOc1cncc(CCCNCCOC)c1. The molecule has 0 saturated carbocycles. The lowest BCUT2D eigenvalue weighted by molar-refractivity contribution is 0.199.